The summed E-state index contributed by atoms with van der Waals surface area (Å²) in [5.41, 5.74) is 10.0. The lowest BCUT2D eigenvalue weighted by Gasteiger charge is -2.19. The molecule has 10 rings (SSSR count). The van der Waals surface area contributed by atoms with Gasteiger partial charge in [0.05, 0.1) is 11.0 Å². The number of para-hydroxylation sites is 3. The fourth-order valence-corrected chi connectivity index (χ4v) is 7.51. The molecule has 0 bridgehead atoms. The van der Waals surface area contributed by atoms with Gasteiger partial charge in [0.1, 0.15) is 17.0 Å². The number of furan rings is 1. The number of aromatic nitrogens is 5. The minimum atomic E-state index is 0.0414. The van der Waals surface area contributed by atoms with Crippen molar-refractivity contribution in [3.05, 3.63) is 163 Å². The van der Waals surface area contributed by atoms with E-state index >= 15 is 0 Å². The van der Waals surface area contributed by atoms with Gasteiger partial charge in [-0.15, -0.1) is 0 Å². The molecule has 4 heterocycles. The van der Waals surface area contributed by atoms with Crippen molar-refractivity contribution in [2.75, 3.05) is 0 Å². The maximum Gasteiger partial charge on any atom is 0.164 e. The predicted molar refractivity (Wildman–Crippen MR) is 220 cm³/mol. The van der Waals surface area contributed by atoms with Gasteiger partial charge in [-0.25, -0.2) is 19.9 Å². The van der Waals surface area contributed by atoms with Gasteiger partial charge in [0.15, 0.2) is 17.5 Å². The van der Waals surface area contributed by atoms with E-state index in [1.54, 1.807) is 0 Å². The monoisotopic (exact) mass is 697 g/mol. The van der Waals surface area contributed by atoms with Crippen LogP contribution in [-0.4, -0.2) is 24.5 Å². The molecule has 0 atom stereocenters. The summed E-state index contributed by atoms with van der Waals surface area (Å²) < 4.78 is 8.69. The molecule has 0 aliphatic rings. The third-order valence-corrected chi connectivity index (χ3v) is 10.3. The molecule has 0 N–H and O–H groups in total. The van der Waals surface area contributed by atoms with Crippen LogP contribution in [-0.2, 0) is 5.41 Å². The Morgan fingerprint density at radius 2 is 1.11 bits per heavy atom. The summed E-state index contributed by atoms with van der Waals surface area (Å²) in [6.45, 7) is 6.66. The van der Waals surface area contributed by atoms with E-state index in [0.29, 0.717) is 17.5 Å². The molecule has 54 heavy (non-hydrogen) atoms. The van der Waals surface area contributed by atoms with Gasteiger partial charge in [-0.2, -0.15) is 0 Å². The number of hydrogen-bond donors (Lipinski definition) is 0. The molecule has 0 unspecified atom stereocenters. The highest BCUT2D eigenvalue weighted by Crippen LogP contribution is 2.39. The van der Waals surface area contributed by atoms with Crippen LogP contribution in [0.4, 0.5) is 0 Å². The van der Waals surface area contributed by atoms with Crippen molar-refractivity contribution in [1.82, 2.24) is 24.5 Å². The maximum absolute atomic E-state index is 6.45. The van der Waals surface area contributed by atoms with Gasteiger partial charge in [0.2, 0.25) is 0 Å². The van der Waals surface area contributed by atoms with E-state index in [1.807, 2.05) is 54.7 Å². The van der Waals surface area contributed by atoms with Crippen LogP contribution >= 0.6 is 0 Å². The molecule has 6 nitrogen and oxygen atoms in total. The molecular formula is C48H35N5O. The minimum Gasteiger partial charge on any atom is -0.455 e. The fraction of sp³-hybridized carbons (Fsp3) is 0.0833. The van der Waals surface area contributed by atoms with Crippen LogP contribution in [0.2, 0.25) is 0 Å². The summed E-state index contributed by atoms with van der Waals surface area (Å²) in [6, 6.07) is 52.4. The van der Waals surface area contributed by atoms with E-state index in [4.69, 9.17) is 24.4 Å². The molecule has 0 saturated heterocycles. The van der Waals surface area contributed by atoms with Crippen molar-refractivity contribution in [2.24, 2.45) is 0 Å². The second-order valence-corrected chi connectivity index (χ2v) is 14.8. The molecule has 0 radical (unpaired) electrons. The zero-order valence-corrected chi connectivity index (χ0v) is 30.2. The molecule has 0 spiro atoms. The van der Waals surface area contributed by atoms with Crippen LogP contribution in [0.15, 0.2) is 162 Å². The van der Waals surface area contributed by atoms with Crippen molar-refractivity contribution in [3.63, 3.8) is 0 Å². The lowest BCUT2D eigenvalue weighted by Crippen LogP contribution is -2.10. The Morgan fingerprint density at radius 3 is 1.89 bits per heavy atom. The lowest BCUT2D eigenvalue weighted by molar-refractivity contribution is 0.590. The van der Waals surface area contributed by atoms with Gasteiger partial charge in [0.25, 0.3) is 0 Å². The number of pyridine rings is 1. The molecule has 6 heteroatoms. The lowest BCUT2D eigenvalue weighted by atomic mass is 9.87. The molecule has 0 fully saturated rings. The highest BCUT2D eigenvalue weighted by atomic mass is 16.3. The summed E-state index contributed by atoms with van der Waals surface area (Å²) in [4.78, 5) is 20.0. The molecule has 0 aliphatic heterocycles. The van der Waals surface area contributed by atoms with Gasteiger partial charge in [-0.1, -0.05) is 142 Å². The summed E-state index contributed by atoms with van der Waals surface area (Å²) in [5, 5.41) is 4.52. The van der Waals surface area contributed by atoms with Crippen molar-refractivity contribution in [1.29, 1.82) is 0 Å². The van der Waals surface area contributed by atoms with E-state index in [-0.39, 0.29) is 5.41 Å². The van der Waals surface area contributed by atoms with Gasteiger partial charge in [0, 0.05) is 50.0 Å². The second-order valence-electron chi connectivity index (χ2n) is 14.8. The highest BCUT2D eigenvalue weighted by Gasteiger charge is 2.19. The normalized spacial score (nSPS) is 12.0. The number of benzene rings is 6. The zero-order chi connectivity index (χ0) is 36.4. The summed E-state index contributed by atoms with van der Waals surface area (Å²) >= 11 is 0. The first-order valence-corrected chi connectivity index (χ1v) is 18.2. The Kier molecular flexibility index (Phi) is 7.27. The van der Waals surface area contributed by atoms with Crippen LogP contribution in [0.5, 0.6) is 0 Å². The fourth-order valence-electron chi connectivity index (χ4n) is 7.51. The van der Waals surface area contributed by atoms with Crippen LogP contribution in [0, 0.1) is 0 Å². The van der Waals surface area contributed by atoms with Gasteiger partial charge >= 0.3 is 0 Å². The Hall–Kier alpha value is -6.92. The van der Waals surface area contributed by atoms with Crippen molar-refractivity contribution < 1.29 is 4.42 Å². The topological polar surface area (TPSA) is 69.6 Å². The van der Waals surface area contributed by atoms with Crippen LogP contribution < -0.4 is 0 Å². The van der Waals surface area contributed by atoms with Crippen LogP contribution in [0.1, 0.15) is 26.3 Å². The number of rotatable bonds is 5. The quantitative estimate of drug-likeness (QED) is 0.179. The van der Waals surface area contributed by atoms with Crippen molar-refractivity contribution in [2.45, 2.75) is 26.2 Å². The minimum absolute atomic E-state index is 0.0414. The third-order valence-electron chi connectivity index (χ3n) is 10.3. The van der Waals surface area contributed by atoms with Crippen LogP contribution in [0.25, 0.3) is 94.9 Å². The molecule has 6 aromatic carbocycles. The van der Waals surface area contributed by atoms with E-state index in [2.05, 4.69) is 128 Å². The molecular weight excluding hydrogens is 663 g/mol. The first-order chi connectivity index (χ1) is 26.4. The average Bonchev–Trinajstić information content (AvgIpc) is 3.76. The van der Waals surface area contributed by atoms with Gasteiger partial charge in [-0.05, 0) is 46.9 Å². The Labute approximate surface area is 312 Å². The Morgan fingerprint density at radius 1 is 0.481 bits per heavy atom. The van der Waals surface area contributed by atoms with Crippen LogP contribution in [0.3, 0.4) is 0 Å². The maximum atomic E-state index is 6.45. The highest BCUT2D eigenvalue weighted by molar-refractivity contribution is 6.12. The summed E-state index contributed by atoms with van der Waals surface area (Å²) in [6.07, 6.45) is 1.84. The second kappa shape index (κ2) is 12.3. The van der Waals surface area contributed by atoms with Gasteiger partial charge in [-0.3, -0.25) is 4.57 Å². The summed E-state index contributed by atoms with van der Waals surface area (Å²) in [5.74, 6) is 2.60. The standard InChI is InChI=1S/C48H35N5O/c1-48(2,3)34-23-20-31(21-24-34)46-50-45(30-12-5-4-6-13-30)51-47(52-46)33-26-27-49-43(29-33)53-40-18-9-7-14-36(40)37-25-22-32(28-41(37)53)35-16-11-17-39-38-15-8-10-19-42(38)54-44(35)39/h4-29H,1-3H3. The third kappa shape index (κ3) is 5.34. The van der Waals surface area contributed by atoms with Crippen molar-refractivity contribution >= 4 is 43.7 Å². The molecule has 4 aromatic heterocycles. The number of hydrogen-bond acceptors (Lipinski definition) is 5. The smallest absolute Gasteiger partial charge is 0.164 e. The van der Waals surface area contributed by atoms with E-state index < -0.39 is 0 Å². The first-order valence-electron chi connectivity index (χ1n) is 18.2. The molecule has 0 saturated carbocycles. The number of fused-ring (bicyclic) bond motifs is 6. The van der Waals surface area contributed by atoms with Gasteiger partial charge < -0.3 is 4.42 Å². The average molecular weight is 698 g/mol. The molecule has 258 valence electrons. The van der Waals surface area contributed by atoms with E-state index in [0.717, 1.165) is 77.4 Å². The number of nitrogens with zero attached hydrogens (tertiary/aromatic N) is 5. The Bertz CT molecular complexity index is 3020. The predicted octanol–water partition coefficient (Wildman–Crippen LogP) is 12.2. The molecule has 0 amide bonds. The van der Waals surface area contributed by atoms with E-state index in [9.17, 15) is 0 Å². The molecule has 10 aromatic rings. The first kappa shape index (κ1) is 31.8. The zero-order valence-electron chi connectivity index (χ0n) is 30.2. The van der Waals surface area contributed by atoms with Crippen molar-refractivity contribution in [3.8, 4) is 51.1 Å². The summed E-state index contributed by atoms with van der Waals surface area (Å²) in [7, 11) is 0. The van der Waals surface area contributed by atoms with E-state index in [1.165, 1.54) is 5.56 Å². The SMILES string of the molecule is CC(C)(C)c1ccc(-c2nc(-c3ccccc3)nc(-c3ccnc(-n4c5ccccc5c5ccc(-c6cccc7c6oc6ccccc67)cc54)c3)n2)cc1. The molecule has 0 aliphatic carbocycles. The largest absolute Gasteiger partial charge is 0.455 e. The Balaban J connectivity index is 1.14.